The van der Waals surface area contributed by atoms with Crippen LogP contribution in [0.3, 0.4) is 0 Å². The second kappa shape index (κ2) is 8.41. The summed E-state index contributed by atoms with van der Waals surface area (Å²) in [6.07, 6.45) is 3.76. The van der Waals surface area contributed by atoms with Crippen molar-refractivity contribution in [3.8, 4) is 0 Å². The smallest absolute Gasteiger partial charge is 0.315 e. The average molecular weight is 325 g/mol. The monoisotopic (exact) mass is 325 g/mol. The highest BCUT2D eigenvalue weighted by molar-refractivity contribution is 7.99. The fraction of sp³-hybridized carbons (Fsp3) is 0.800. The molecule has 0 aromatic carbocycles. The minimum atomic E-state index is -0.103. The quantitative estimate of drug-likeness (QED) is 0.756. The summed E-state index contributed by atoms with van der Waals surface area (Å²) in [5.41, 5.74) is 0. The molecule has 2 N–H and O–H groups in total. The van der Waals surface area contributed by atoms with Gasteiger partial charge in [-0.1, -0.05) is 13.8 Å². The second-order valence-electron chi connectivity index (χ2n) is 5.66. The van der Waals surface area contributed by atoms with Gasteiger partial charge in [0.25, 0.3) is 0 Å². The Bertz CT molecular complexity index is 490. The van der Waals surface area contributed by atoms with Crippen molar-refractivity contribution in [1.29, 1.82) is 0 Å². The number of hydrogen-bond acceptors (Lipinski definition) is 4. The summed E-state index contributed by atoms with van der Waals surface area (Å²) in [6, 6.07) is 0.0546. The Morgan fingerprint density at radius 2 is 2.32 bits per heavy atom. The third-order valence-electron chi connectivity index (χ3n) is 3.82. The highest BCUT2D eigenvalue weighted by atomic mass is 32.2. The van der Waals surface area contributed by atoms with Crippen LogP contribution in [-0.4, -0.2) is 38.3 Å². The Balaban J connectivity index is 1.86. The lowest BCUT2D eigenvalue weighted by Crippen LogP contribution is -2.43. The van der Waals surface area contributed by atoms with Crippen LogP contribution in [-0.2, 0) is 13.0 Å². The molecule has 1 aliphatic heterocycles. The van der Waals surface area contributed by atoms with Gasteiger partial charge in [-0.05, 0) is 37.7 Å². The Kier molecular flexibility index (Phi) is 6.54. The average Bonchev–Trinajstić information content (AvgIpc) is 2.91. The molecule has 0 unspecified atom stereocenters. The van der Waals surface area contributed by atoms with E-state index in [1.165, 1.54) is 0 Å². The first-order chi connectivity index (χ1) is 10.6. The van der Waals surface area contributed by atoms with E-state index in [2.05, 4.69) is 27.6 Å². The first-order valence-corrected chi connectivity index (χ1v) is 9.37. The predicted molar refractivity (Wildman–Crippen MR) is 90.1 cm³/mol. The molecule has 2 amide bonds. The number of nitrogens with zero attached hydrogens (tertiary/aromatic N) is 3. The van der Waals surface area contributed by atoms with Gasteiger partial charge >= 0.3 is 6.03 Å². The zero-order chi connectivity index (χ0) is 15.9. The normalized spacial score (nSPS) is 18.6. The van der Waals surface area contributed by atoms with Gasteiger partial charge in [-0.2, -0.15) is 16.9 Å². The Hall–Kier alpha value is -1.24. The van der Waals surface area contributed by atoms with Gasteiger partial charge in [0.1, 0.15) is 5.82 Å². The van der Waals surface area contributed by atoms with Crippen molar-refractivity contribution in [1.82, 2.24) is 25.4 Å². The second-order valence-corrected chi connectivity index (χ2v) is 7.06. The number of fused-ring (bicyclic) bond motifs is 1. The fourth-order valence-electron chi connectivity index (χ4n) is 2.59. The van der Waals surface area contributed by atoms with Crippen LogP contribution >= 0.6 is 11.8 Å². The molecule has 0 fully saturated rings. The molecule has 6 nitrogen and oxygen atoms in total. The highest BCUT2D eigenvalue weighted by Gasteiger charge is 2.25. The minimum Gasteiger partial charge on any atom is -0.336 e. The van der Waals surface area contributed by atoms with Gasteiger partial charge in [0.2, 0.25) is 0 Å². The van der Waals surface area contributed by atoms with Gasteiger partial charge in [0.15, 0.2) is 5.82 Å². The molecular formula is C15H27N5OS. The molecule has 0 saturated heterocycles. The van der Waals surface area contributed by atoms with Crippen molar-refractivity contribution in [2.24, 2.45) is 0 Å². The van der Waals surface area contributed by atoms with E-state index in [0.717, 1.165) is 55.4 Å². The van der Waals surface area contributed by atoms with Gasteiger partial charge in [-0.25, -0.2) is 14.5 Å². The number of rotatable bonds is 7. The van der Waals surface area contributed by atoms with E-state index in [1.807, 2.05) is 30.3 Å². The van der Waals surface area contributed by atoms with Crippen molar-refractivity contribution in [2.75, 3.05) is 11.5 Å². The van der Waals surface area contributed by atoms with Crippen LogP contribution in [0, 0.1) is 0 Å². The third kappa shape index (κ3) is 4.63. The number of aromatic nitrogens is 3. The highest BCUT2D eigenvalue weighted by Crippen LogP contribution is 2.23. The lowest BCUT2D eigenvalue weighted by atomic mass is 10.1. The molecule has 124 valence electrons. The summed E-state index contributed by atoms with van der Waals surface area (Å²) < 4.78 is 1.94. The molecule has 2 heterocycles. The molecular weight excluding hydrogens is 298 g/mol. The summed E-state index contributed by atoms with van der Waals surface area (Å²) in [7, 11) is 0. The molecule has 1 aromatic heterocycles. The number of carbonyl (C=O) groups excluding carboxylic acids is 1. The number of amides is 2. The van der Waals surface area contributed by atoms with Gasteiger partial charge in [-0.3, -0.25) is 0 Å². The maximum absolute atomic E-state index is 12.2. The molecule has 0 saturated carbocycles. The van der Waals surface area contributed by atoms with Crippen LogP contribution in [0.15, 0.2) is 0 Å². The fourth-order valence-corrected chi connectivity index (χ4v) is 3.40. The van der Waals surface area contributed by atoms with Crippen molar-refractivity contribution >= 4 is 17.8 Å². The topological polar surface area (TPSA) is 71.8 Å². The summed E-state index contributed by atoms with van der Waals surface area (Å²) in [4.78, 5) is 16.7. The van der Waals surface area contributed by atoms with Crippen LogP contribution in [0.25, 0.3) is 0 Å². The van der Waals surface area contributed by atoms with Crippen molar-refractivity contribution in [3.05, 3.63) is 11.6 Å². The van der Waals surface area contributed by atoms with Crippen LogP contribution in [0.2, 0.25) is 0 Å². The van der Waals surface area contributed by atoms with Crippen molar-refractivity contribution in [2.45, 2.75) is 65.1 Å². The Labute approximate surface area is 136 Å². The zero-order valence-electron chi connectivity index (χ0n) is 13.8. The number of carbonyl (C=O) groups is 1. The van der Waals surface area contributed by atoms with Crippen LogP contribution in [0.4, 0.5) is 4.79 Å². The van der Waals surface area contributed by atoms with E-state index in [4.69, 9.17) is 0 Å². The SMILES string of the molecule is CCSCC[C@H](C)NC(=O)N[C@H]1CCCn2nc(CC)nc21. The predicted octanol–water partition coefficient (Wildman–Crippen LogP) is 2.51. The van der Waals surface area contributed by atoms with Crippen LogP contribution in [0.5, 0.6) is 0 Å². The maximum atomic E-state index is 12.2. The van der Waals surface area contributed by atoms with E-state index in [0.29, 0.717) is 0 Å². The number of urea groups is 1. The van der Waals surface area contributed by atoms with E-state index in [9.17, 15) is 4.79 Å². The molecule has 0 spiro atoms. The summed E-state index contributed by atoms with van der Waals surface area (Å²) in [5, 5.41) is 10.5. The summed E-state index contributed by atoms with van der Waals surface area (Å²) >= 11 is 1.90. The van der Waals surface area contributed by atoms with Crippen molar-refractivity contribution < 1.29 is 4.79 Å². The van der Waals surface area contributed by atoms with Gasteiger partial charge < -0.3 is 10.6 Å². The standard InChI is InChI=1S/C15H27N5OS/c1-4-13-18-14-12(7-6-9-20(14)19-13)17-15(21)16-11(3)8-10-22-5-2/h11-12H,4-10H2,1-3H3,(H2,16,17,21)/t11-,12-/m0/s1. The molecule has 0 bridgehead atoms. The van der Waals surface area contributed by atoms with E-state index < -0.39 is 0 Å². The zero-order valence-corrected chi connectivity index (χ0v) is 14.6. The molecule has 1 aromatic rings. The molecule has 2 rings (SSSR count). The largest absolute Gasteiger partial charge is 0.336 e. The molecule has 22 heavy (non-hydrogen) atoms. The number of thioether (sulfide) groups is 1. The molecule has 1 aliphatic rings. The van der Waals surface area contributed by atoms with Gasteiger partial charge in [0.05, 0.1) is 6.04 Å². The van der Waals surface area contributed by atoms with E-state index >= 15 is 0 Å². The number of aryl methyl sites for hydroxylation is 2. The van der Waals surface area contributed by atoms with E-state index in [-0.39, 0.29) is 18.1 Å². The maximum Gasteiger partial charge on any atom is 0.315 e. The van der Waals surface area contributed by atoms with Crippen LogP contribution in [0.1, 0.15) is 57.7 Å². The van der Waals surface area contributed by atoms with Crippen molar-refractivity contribution in [3.63, 3.8) is 0 Å². The van der Waals surface area contributed by atoms with E-state index in [1.54, 1.807) is 0 Å². The minimum absolute atomic E-state index is 0.0289. The van der Waals surface area contributed by atoms with Gasteiger partial charge in [-0.15, -0.1) is 0 Å². The molecule has 2 atom stereocenters. The first kappa shape index (κ1) is 17.1. The molecule has 0 radical (unpaired) electrons. The van der Waals surface area contributed by atoms with Gasteiger partial charge in [0, 0.05) is 19.0 Å². The number of hydrogen-bond donors (Lipinski definition) is 2. The lowest BCUT2D eigenvalue weighted by molar-refractivity contribution is 0.229. The molecule has 0 aliphatic carbocycles. The third-order valence-corrected chi connectivity index (χ3v) is 4.75. The number of nitrogens with one attached hydrogen (secondary N) is 2. The van der Waals surface area contributed by atoms with Crippen LogP contribution < -0.4 is 10.6 Å². The first-order valence-electron chi connectivity index (χ1n) is 8.22. The summed E-state index contributed by atoms with van der Waals surface area (Å²) in [5.74, 6) is 3.95. The summed E-state index contributed by atoms with van der Waals surface area (Å²) in [6.45, 7) is 7.15. The molecule has 7 heteroatoms. The lowest BCUT2D eigenvalue weighted by Gasteiger charge is -2.24. The Morgan fingerprint density at radius 1 is 1.50 bits per heavy atom. The Morgan fingerprint density at radius 3 is 3.05 bits per heavy atom.